The summed E-state index contributed by atoms with van der Waals surface area (Å²) in [7, 11) is -4.18. The first-order chi connectivity index (χ1) is 13.3. The lowest BCUT2D eigenvalue weighted by Crippen LogP contribution is -2.17. The first kappa shape index (κ1) is 20.0. The highest BCUT2D eigenvalue weighted by Crippen LogP contribution is 2.36. The van der Waals surface area contributed by atoms with E-state index in [-0.39, 0.29) is 22.1 Å². The molecule has 1 heterocycles. The summed E-state index contributed by atoms with van der Waals surface area (Å²) in [6.07, 6.45) is 0. The van der Waals surface area contributed by atoms with Crippen LogP contribution in [0.5, 0.6) is 0 Å². The number of nitrogens with one attached hydrogen (secondary N) is 1. The van der Waals surface area contributed by atoms with Crippen molar-refractivity contribution in [3.8, 4) is 11.1 Å². The molecular formula is C20H18FNO4S2. The van der Waals surface area contributed by atoms with Crippen molar-refractivity contribution in [2.45, 2.75) is 18.7 Å². The number of hydrogen-bond donors (Lipinski definition) is 1. The number of esters is 1. The molecule has 0 amide bonds. The summed E-state index contributed by atoms with van der Waals surface area (Å²) < 4.78 is 47.5. The van der Waals surface area contributed by atoms with Crippen LogP contribution in [0.25, 0.3) is 11.1 Å². The molecule has 146 valence electrons. The third-order valence-corrected chi connectivity index (χ3v) is 6.54. The van der Waals surface area contributed by atoms with Crippen molar-refractivity contribution >= 4 is 33.0 Å². The van der Waals surface area contributed by atoms with Crippen LogP contribution in [0.1, 0.15) is 22.2 Å². The van der Waals surface area contributed by atoms with E-state index in [2.05, 4.69) is 4.72 Å². The molecule has 1 aromatic heterocycles. The Bertz CT molecular complexity index is 1110. The molecule has 8 heteroatoms. The van der Waals surface area contributed by atoms with E-state index in [1.807, 2.05) is 6.07 Å². The number of carbonyl (C=O) groups is 1. The zero-order valence-electron chi connectivity index (χ0n) is 15.2. The van der Waals surface area contributed by atoms with Gasteiger partial charge in [0.15, 0.2) is 0 Å². The minimum atomic E-state index is -4.18. The minimum absolute atomic E-state index is 0.0270. The fourth-order valence-corrected chi connectivity index (χ4v) is 5.37. The average molecular weight is 419 g/mol. The van der Waals surface area contributed by atoms with Gasteiger partial charge in [0.2, 0.25) is 0 Å². The Labute approximate surface area is 166 Å². The molecule has 1 N–H and O–H groups in total. The predicted molar refractivity (Wildman–Crippen MR) is 108 cm³/mol. The molecule has 0 aliphatic rings. The van der Waals surface area contributed by atoms with Crippen LogP contribution in [0.4, 0.5) is 10.1 Å². The number of hydrogen-bond acceptors (Lipinski definition) is 5. The number of benzene rings is 2. The number of aryl methyl sites for hydroxylation is 1. The summed E-state index contributed by atoms with van der Waals surface area (Å²) in [6, 6.07) is 12.9. The molecule has 2 aromatic carbocycles. The van der Waals surface area contributed by atoms with Crippen LogP contribution in [0.2, 0.25) is 0 Å². The number of sulfonamides is 1. The molecule has 0 atom stereocenters. The number of thiophene rings is 1. The number of carbonyl (C=O) groups excluding carboxylic acids is 1. The van der Waals surface area contributed by atoms with Gasteiger partial charge in [-0.05, 0) is 37.1 Å². The predicted octanol–water partition coefficient (Wildman–Crippen LogP) is 4.84. The minimum Gasteiger partial charge on any atom is -0.462 e. The molecule has 0 spiro atoms. The van der Waals surface area contributed by atoms with E-state index in [1.54, 1.807) is 43.5 Å². The van der Waals surface area contributed by atoms with Crippen molar-refractivity contribution in [3.63, 3.8) is 0 Å². The SMILES string of the molecule is CCOC(=O)c1scc(-c2ccccc2)c1S(=O)(=O)Nc1ccc(C)c(F)c1. The average Bonchev–Trinajstić information content (AvgIpc) is 3.12. The van der Waals surface area contributed by atoms with Gasteiger partial charge in [0.05, 0.1) is 12.3 Å². The molecule has 0 saturated heterocycles. The standard InChI is InChI=1S/C20H18FNO4S2/c1-3-26-20(23)18-19(16(12-27-18)14-7-5-4-6-8-14)28(24,25)22-15-10-9-13(2)17(21)11-15/h4-12,22H,3H2,1-2H3. The molecule has 0 aliphatic heterocycles. The highest BCUT2D eigenvalue weighted by Gasteiger charge is 2.30. The van der Waals surface area contributed by atoms with E-state index >= 15 is 0 Å². The van der Waals surface area contributed by atoms with E-state index in [4.69, 9.17) is 4.74 Å². The second-order valence-corrected chi connectivity index (χ2v) is 8.46. The van der Waals surface area contributed by atoms with E-state index < -0.39 is 21.8 Å². The second-order valence-electron chi connectivity index (χ2n) is 5.96. The Morgan fingerprint density at radius 2 is 1.89 bits per heavy atom. The lowest BCUT2D eigenvalue weighted by atomic mass is 10.1. The first-order valence-electron chi connectivity index (χ1n) is 8.46. The first-order valence-corrected chi connectivity index (χ1v) is 10.8. The van der Waals surface area contributed by atoms with Gasteiger partial charge in [-0.1, -0.05) is 36.4 Å². The second kappa shape index (κ2) is 8.12. The molecule has 28 heavy (non-hydrogen) atoms. The number of halogens is 1. The zero-order chi connectivity index (χ0) is 20.3. The van der Waals surface area contributed by atoms with Gasteiger partial charge in [-0.2, -0.15) is 0 Å². The number of anilines is 1. The fourth-order valence-electron chi connectivity index (χ4n) is 2.63. The van der Waals surface area contributed by atoms with E-state index in [0.717, 1.165) is 17.4 Å². The quantitative estimate of drug-likeness (QED) is 0.580. The summed E-state index contributed by atoms with van der Waals surface area (Å²) in [5, 5.41) is 1.60. The molecular weight excluding hydrogens is 401 g/mol. The Hall–Kier alpha value is -2.71. The van der Waals surface area contributed by atoms with Gasteiger partial charge in [-0.3, -0.25) is 4.72 Å². The van der Waals surface area contributed by atoms with Crippen molar-refractivity contribution < 1.29 is 22.3 Å². The molecule has 0 unspecified atom stereocenters. The van der Waals surface area contributed by atoms with Crippen LogP contribution < -0.4 is 4.72 Å². The van der Waals surface area contributed by atoms with Crippen molar-refractivity contribution in [3.05, 3.63) is 70.2 Å². The lowest BCUT2D eigenvalue weighted by Gasteiger charge is -2.12. The molecule has 0 aliphatic carbocycles. The van der Waals surface area contributed by atoms with Crippen molar-refractivity contribution in [2.75, 3.05) is 11.3 Å². The van der Waals surface area contributed by atoms with Gasteiger partial charge >= 0.3 is 5.97 Å². The molecule has 0 bridgehead atoms. The third-order valence-electron chi connectivity index (χ3n) is 3.98. The maximum Gasteiger partial charge on any atom is 0.349 e. The van der Waals surface area contributed by atoms with Crippen LogP contribution in [0.15, 0.2) is 58.8 Å². The van der Waals surface area contributed by atoms with Crippen LogP contribution >= 0.6 is 11.3 Å². The molecule has 3 aromatic rings. The van der Waals surface area contributed by atoms with E-state index in [1.165, 1.54) is 12.1 Å². The lowest BCUT2D eigenvalue weighted by molar-refractivity contribution is 0.0528. The Morgan fingerprint density at radius 3 is 2.54 bits per heavy atom. The Kier molecular flexibility index (Phi) is 5.81. The number of ether oxygens (including phenoxy) is 1. The summed E-state index contributed by atoms with van der Waals surface area (Å²) in [5.41, 5.74) is 1.50. The fraction of sp³-hybridized carbons (Fsp3) is 0.150. The van der Waals surface area contributed by atoms with Crippen LogP contribution in [-0.4, -0.2) is 21.0 Å². The normalized spacial score (nSPS) is 11.2. The van der Waals surface area contributed by atoms with Gasteiger partial charge in [0, 0.05) is 10.9 Å². The summed E-state index contributed by atoms with van der Waals surface area (Å²) >= 11 is 0.994. The molecule has 3 rings (SSSR count). The Morgan fingerprint density at radius 1 is 1.18 bits per heavy atom. The molecule has 0 fully saturated rings. The summed E-state index contributed by atoms with van der Waals surface area (Å²) in [5.74, 6) is -1.25. The van der Waals surface area contributed by atoms with Gasteiger partial charge in [0.25, 0.3) is 10.0 Å². The smallest absolute Gasteiger partial charge is 0.349 e. The third kappa shape index (κ3) is 4.07. The van der Waals surface area contributed by atoms with Crippen molar-refractivity contribution in [1.29, 1.82) is 0 Å². The largest absolute Gasteiger partial charge is 0.462 e. The van der Waals surface area contributed by atoms with Gasteiger partial charge in [-0.15, -0.1) is 11.3 Å². The monoisotopic (exact) mass is 419 g/mol. The number of rotatable bonds is 6. The van der Waals surface area contributed by atoms with Gasteiger partial charge in [-0.25, -0.2) is 17.6 Å². The van der Waals surface area contributed by atoms with Crippen LogP contribution in [0, 0.1) is 12.7 Å². The van der Waals surface area contributed by atoms with E-state index in [9.17, 15) is 17.6 Å². The summed E-state index contributed by atoms with van der Waals surface area (Å²) in [4.78, 5) is 12.1. The van der Waals surface area contributed by atoms with Gasteiger partial charge < -0.3 is 4.74 Å². The maximum absolute atomic E-state index is 13.8. The molecule has 5 nitrogen and oxygen atoms in total. The van der Waals surface area contributed by atoms with Crippen LogP contribution in [0.3, 0.4) is 0 Å². The highest BCUT2D eigenvalue weighted by atomic mass is 32.2. The van der Waals surface area contributed by atoms with Crippen molar-refractivity contribution in [1.82, 2.24) is 0 Å². The van der Waals surface area contributed by atoms with Gasteiger partial charge in [0.1, 0.15) is 15.6 Å². The summed E-state index contributed by atoms with van der Waals surface area (Å²) in [6.45, 7) is 3.34. The molecule has 0 radical (unpaired) electrons. The maximum atomic E-state index is 13.8. The Balaban J connectivity index is 2.12. The van der Waals surface area contributed by atoms with Crippen molar-refractivity contribution in [2.24, 2.45) is 0 Å². The van der Waals surface area contributed by atoms with Crippen LogP contribution in [-0.2, 0) is 14.8 Å². The van der Waals surface area contributed by atoms with E-state index in [0.29, 0.717) is 16.7 Å². The molecule has 0 saturated carbocycles. The zero-order valence-corrected chi connectivity index (χ0v) is 16.9. The topological polar surface area (TPSA) is 72.5 Å². The highest BCUT2D eigenvalue weighted by molar-refractivity contribution is 7.93.